The van der Waals surface area contributed by atoms with Crippen molar-refractivity contribution in [3.05, 3.63) is 65.0 Å². The van der Waals surface area contributed by atoms with Gasteiger partial charge >= 0.3 is 12.2 Å². The standard InChI is InChI=1S/C35H44F4N6O3/c1-41-16-18-42(19-17-41)27-8-14-44(15-9-27)33(47)26(20-24-6-7-30(36)29(21-24)35(37,38)39)22-32(46)43-12-10-28(11-13-43)45-23-25-4-2-3-5-31(25)40-34(45)48/h2-7,21,26-28H,8-20,22-23H2,1H3,(H,40,48)/t26-/m1/s1. The highest BCUT2D eigenvalue weighted by molar-refractivity contribution is 5.92. The van der Waals surface area contributed by atoms with Crippen molar-refractivity contribution in [2.75, 3.05) is 64.7 Å². The summed E-state index contributed by atoms with van der Waals surface area (Å²) in [5.41, 5.74) is 0.613. The Kier molecular flexibility index (Phi) is 10.3. The first-order chi connectivity index (χ1) is 23.0. The number of carbonyl (C=O) groups is 3. The van der Waals surface area contributed by atoms with Crippen molar-refractivity contribution < 1.29 is 31.9 Å². The molecule has 0 unspecified atom stereocenters. The van der Waals surface area contributed by atoms with Crippen molar-refractivity contribution >= 4 is 23.5 Å². The van der Waals surface area contributed by atoms with Crippen LogP contribution in [-0.2, 0) is 28.7 Å². The van der Waals surface area contributed by atoms with E-state index in [0.29, 0.717) is 51.6 Å². The SMILES string of the molecule is CN1CCN(C2CCN(C(=O)[C@@H](CC(=O)N3CCC(N4Cc5ccccc5NC4=O)CC3)Cc3ccc(F)c(C(F)(F)F)c3)CC2)CC1. The van der Waals surface area contributed by atoms with Gasteiger partial charge in [-0.25, -0.2) is 9.18 Å². The summed E-state index contributed by atoms with van der Waals surface area (Å²) in [4.78, 5) is 50.5. The van der Waals surface area contributed by atoms with Crippen LogP contribution in [0, 0.1) is 11.7 Å². The second-order valence-electron chi connectivity index (χ2n) is 13.6. The van der Waals surface area contributed by atoms with Gasteiger partial charge in [0.25, 0.3) is 0 Å². The summed E-state index contributed by atoms with van der Waals surface area (Å²) >= 11 is 0. The molecule has 0 aromatic heterocycles. The molecule has 260 valence electrons. The molecule has 2 aromatic rings. The summed E-state index contributed by atoms with van der Waals surface area (Å²) in [5, 5.41) is 2.94. The van der Waals surface area contributed by atoms with Gasteiger partial charge in [0.2, 0.25) is 11.8 Å². The van der Waals surface area contributed by atoms with E-state index in [1.807, 2.05) is 24.3 Å². The Morgan fingerprint density at radius 3 is 2.21 bits per heavy atom. The van der Waals surface area contributed by atoms with E-state index in [0.717, 1.165) is 62.4 Å². The molecule has 1 atom stereocenters. The number of rotatable bonds is 7. The molecule has 0 saturated carbocycles. The van der Waals surface area contributed by atoms with Gasteiger partial charge in [-0.05, 0) is 68.5 Å². The highest BCUT2D eigenvalue weighted by Gasteiger charge is 2.38. The number of likely N-dealkylation sites (N-methyl/N-ethyl adjacent to an activating group) is 1. The molecule has 0 radical (unpaired) electrons. The molecular weight excluding hydrogens is 628 g/mol. The number of alkyl halides is 3. The fraction of sp³-hybridized carbons (Fsp3) is 0.571. The summed E-state index contributed by atoms with van der Waals surface area (Å²) in [6.45, 7) is 6.28. The smallest absolute Gasteiger partial charge is 0.343 e. The maximum atomic E-state index is 14.1. The van der Waals surface area contributed by atoms with Crippen molar-refractivity contribution in [3.63, 3.8) is 0 Å². The van der Waals surface area contributed by atoms with E-state index < -0.39 is 23.5 Å². The molecule has 48 heavy (non-hydrogen) atoms. The molecule has 0 spiro atoms. The topological polar surface area (TPSA) is 79.4 Å². The molecule has 4 heterocycles. The van der Waals surface area contributed by atoms with Crippen LogP contribution >= 0.6 is 0 Å². The number of para-hydroxylation sites is 1. The molecule has 4 aliphatic rings. The Bertz CT molecular complexity index is 1480. The lowest BCUT2D eigenvalue weighted by Crippen LogP contribution is -2.54. The second kappa shape index (κ2) is 14.4. The number of hydrogen-bond donors (Lipinski definition) is 1. The van der Waals surface area contributed by atoms with Crippen LogP contribution in [0.5, 0.6) is 0 Å². The minimum absolute atomic E-state index is 0.0542. The predicted octanol–water partition coefficient (Wildman–Crippen LogP) is 4.67. The van der Waals surface area contributed by atoms with Crippen LogP contribution in [0.2, 0.25) is 0 Å². The van der Waals surface area contributed by atoms with Crippen LogP contribution in [0.3, 0.4) is 0 Å². The van der Waals surface area contributed by atoms with Crippen LogP contribution in [0.25, 0.3) is 0 Å². The molecule has 3 saturated heterocycles. The summed E-state index contributed by atoms with van der Waals surface area (Å²) in [6.07, 6.45) is -2.38. The zero-order valence-electron chi connectivity index (χ0n) is 27.4. The predicted molar refractivity (Wildman–Crippen MR) is 172 cm³/mol. The van der Waals surface area contributed by atoms with E-state index in [1.54, 1.807) is 14.7 Å². The van der Waals surface area contributed by atoms with E-state index in [-0.39, 0.29) is 42.3 Å². The van der Waals surface area contributed by atoms with E-state index >= 15 is 0 Å². The monoisotopic (exact) mass is 672 g/mol. The number of hydrogen-bond acceptors (Lipinski definition) is 5. The van der Waals surface area contributed by atoms with Crippen LogP contribution in [-0.4, -0.2) is 114 Å². The zero-order chi connectivity index (χ0) is 34.0. The largest absolute Gasteiger partial charge is 0.419 e. The number of piperidine rings is 2. The van der Waals surface area contributed by atoms with Crippen LogP contribution in [0.4, 0.5) is 28.0 Å². The molecule has 6 rings (SSSR count). The van der Waals surface area contributed by atoms with Gasteiger partial charge in [-0.2, -0.15) is 13.2 Å². The van der Waals surface area contributed by atoms with Crippen molar-refractivity contribution in [1.82, 2.24) is 24.5 Å². The molecule has 13 heteroatoms. The first kappa shape index (κ1) is 34.2. The van der Waals surface area contributed by atoms with Crippen molar-refractivity contribution in [2.24, 2.45) is 5.92 Å². The number of likely N-dealkylation sites (tertiary alicyclic amines) is 2. The van der Waals surface area contributed by atoms with Crippen molar-refractivity contribution in [2.45, 2.75) is 63.3 Å². The normalized spacial score (nSPS) is 21.2. The minimum atomic E-state index is -4.88. The number of nitrogens with zero attached hydrogens (tertiary/aromatic N) is 5. The summed E-state index contributed by atoms with van der Waals surface area (Å²) in [5.74, 6) is -2.75. The van der Waals surface area contributed by atoms with Crippen molar-refractivity contribution in [1.29, 1.82) is 0 Å². The van der Waals surface area contributed by atoms with Gasteiger partial charge in [0.15, 0.2) is 0 Å². The van der Waals surface area contributed by atoms with E-state index in [9.17, 15) is 31.9 Å². The lowest BCUT2D eigenvalue weighted by Gasteiger charge is -2.43. The van der Waals surface area contributed by atoms with Crippen LogP contribution in [0.15, 0.2) is 42.5 Å². The van der Waals surface area contributed by atoms with Gasteiger partial charge in [-0.3, -0.25) is 14.5 Å². The highest BCUT2D eigenvalue weighted by atomic mass is 19.4. The average molecular weight is 673 g/mol. The fourth-order valence-electron chi connectivity index (χ4n) is 7.63. The lowest BCUT2D eigenvalue weighted by molar-refractivity contribution is -0.143. The maximum absolute atomic E-state index is 14.1. The number of nitrogens with one attached hydrogen (secondary N) is 1. The van der Waals surface area contributed by atoms with Gasteiger partial charge in [-0.1, -0.05) is 24.3 Å². The van der Waals surface area contributed by atoms with E-state index in [4.69, 9.17) is 0 Å². The highest BCUT2D eigenvalue weighted by Crippen LogP contribution is 2.33. The summed E-state index contributed by atoms with van der Waals surface area (Å²) in [7, 11) is 2.10. The number of urea groups is 1. The Labute approximate surface area is 278 Å². The number of piperazine rings is 1. The van der Waals surface area contributed by atoms with Crippen molar-refractivity contribution in [3.8, 4) is 0 Å². The third kappa shape index (κ3) is 7.78. The molecule has 3 fully saturated rings. The number of amides is 4. The third-order valence-electron chi connectivity index (χ3n) is 10.5. The van der Waals surface area contributed by atoms with Crippen LogP contribution in [0.1, 0.15) is 48.8 Å². The molecule has 9 nitrogen and oxygen atoms in total. The molecule has 4 aliphatic heterocycles. The molecular formula is C35H44F4N6O3. The van der Waals surface area contributed by atoms with Gasteiger partial charge in [0.05, 0.1) is 11.5 Å². The molecule has 0 bridgehead atoms. The Balaban J connectivity index is 1.11. The average Bonchev–Trinajstić information content (AvgIpc) is 3.08. The number of carbonyl (C=O) groups excluding carboxylic acids is 3. The van der Waals surface area contributed by atoms with Gasteiger partial charge in [0, 0.05) is 83.1 Å². The summed E-state index contributed by atoms with van der Waals surface area (Å²) in [6, 6.07) is 10.6. The quantitative estimate of drug-likeness (QED) is 0.433. The fourth-order valence-corrected chi connectivity index (χ4v) is 7.63. The van der Waals surface area contributed by atoms with Gasteiger partial charge in [0.1, 0.15) is 5.82 Å². The van der Waals surface area contributed by atoms with E-state index in [1.165, 1.54) is 6.07 Å². The lowest BCUT2D eigenvalue weighted by atomic mass is 9.91. The number of anilines is 1. The minimum Gasteiger partial charge on any atom is -0.343 e. The van der Waals surface area contributed by atoms with Gasteiger partial charge < -0.3 is 24.9 Å². The molecule has 2 aromatic carbocycles. The van der Waals surface area contributed by atoms with E-state index in [2.05, 4.69) is 22.2 Å². The Morgan fingerprint density at radius 1 is 0.875 bits per heavy atom. The second-order valence-corrected chi connectivity index (χ2v) is 13.6. The first-order valence-corrected chi connectivity index (χ1v) is 17.0. The molecule has 1 N–H and O–H groups in total. The number of halogens is 4. The van der Waals surface area contributed by atoms with Crippen LogP contribution < -0.4 is 5.32 Å². The molecule has 4 amide bonds. The summed E-state index contributed by atoms with van der Waals surface area (Å²) < 4.78 is 54.7. The number of fused-ring (bicyclic) bond motifs is 1. The maximum Gasteiger partial charge on any atom is 0.419 e. The Hall–Kier alpha value is -3.71. The Morgan fingerprint density at radius 2 is 1.52 bits per heavy atom. The molecule has 0 aliphatic carbocycles. The van der Waals surface area contributed by atoms with Gasteiger partial charge in [-0.15, -0.1) is 0 Å². The zero-order valence-corrected chi connectivity index (χ0v) is 27.4. The first-order valence-electron chi connectivity index (χ1n) is 17.0. The third-order valence-corrected chi connectivity index (χ3v) is 10.5. The number of benzene rings is 2.